The summed E-state index contributed by atoms with van der Waals surface area (Å²) in [5.74, 6) is -0.186. The van der Waals surface area contributed by atoms with Crippen LogP contribution in [0.25, 0.3) is 0 Å². The van der Waals surface area contributed by atoms with E-state index in [4.69, 9.17) is 0 Å². The number of rotatable bonds is 8. The van der Waals surface area contributed by atoms with Crippen LogP contribution >= 0.6 is 0 Å². The molecule has 174 valence electrons. The van der Waals surface area contributed by atoms with Gasteiger partial charge < -0.3 is 10.2 Å². The molecule has 1 fully saturated rings. The highest BCUT2D eigenvalue weighted by molar-refractivity contribution is 7.89. The summed E-state index contributed by atoms with van der Waals surface area (Å²) < 4.78 is 27.9. The van der Waals surface area contributed by atoms with Crippen molar-refractivity contribution >= 4 is 39.0 Å². The van der Waals surface area contributed by atoms with Gasteiger partial charge in [0.25, 0.3) is 0 Å². The quantitative estimate of drug-likeness (QED) is 0.578. The largest absolute Gasteiger partial charge is 0.326 e. The van der Waals surface area contributed by atoms with E-state index in [1.807, 2.05) is 6.92 Å². The predicted molar refractivity (Wildman–Crippen MR) is 125 cm³/mol. The molecule has 0 bridgehead atoms. The Morgan fingerprint density at radius 3 is 2.39 bits per heavy atom. The van der Waals surface area contributed by atoms with Gasteiger partial charge in [-0.05, 0) is 81.1 Å². The summed E-state index contributed by atoms with van der Waals surface area (Å²) in [6, 6.07) is 11.3. The average Bonchev–Trinajstić information content (AvgIpc) is 3.55. The number of nitrogens with zero attached hydrogens (tertiary/aromatic N) is 1. The number of hydrogen-bond donors (Lipinski definition) is 2. The SMILES string of the molecule is CC(=O)c1ccc(NC(=O)CCNS(=O)(=O)c2ccc3c(c2)C[C@@H](C)N3C(=O)C2CC2)cc1. The molecule has 2 aliphatic rings. The van der Waals surface area contributed by atoms with Gasteiger partial charge in [0.15, 0.2) is 5.78 Å². The number of hydrogen-bond acceptors (Lipinski definition) is 5. The third-order valence-electron chi connectivity index (χ3n) is 5.96. The van der Waals surface area contributed by atoms with E-state index < -0.39 is 10.0 Å². The topological polar surface area (TPSA) is 113 Å². The first kappa shape index (κ1) is 23.1. The maximum atomic E-state index is 12.7. The first-order valence-corrected chi connectivity index (χ1v) is 12.5. The number of amides is 2. The number of fused-ring (bicyclic) bond motifs is 1. The third kappa shape index (κ3) is 5.15. The lowest BCUT2D eigenvalue weighted by atomic mass is 10.1. The van der Waals surface area contributed by atoms with Crippen molar-refractivity contribution in [3.8, 4) is 0 Å². The Hall–Kier alpha value is -3.04. The van der Waals surface area contributed by atoms with E-state index in [-0.39, 0.29) is 47.4 Å². The highest BCUT2D eigenvalue weighted by Crippen LogP contribution is 2.39. The van der Waals surface area contributed by atoms with Crippen LogP contribution in [0.5, 0.6) is 0 Å². The molecule has 33 heavy (non-hydrogen) atoms. The van der Waals surface area contributed by atoms with Crippen molar-refractivity contribution in [1.29, 1.82) is 0 Å². The second-order valence-corrected chi connectivity index (χ2v) is 10.4. The lowest BCUT2D eigenvalue weighted by Gasteiger charge is -2.22. The van der Waals surface area contributed by atoms with Crippen molar-refractivity contribution < 1.29 is 22.8 Å². The molecule has 2 aromatic rings. The molecule has 0 aromatic heterocycles. The van der Waals surface area contributed by atoms with Crippen molar-refractivity contribution in [2.75, 3.05) is 16.8 Å². The van der Waals surface area contributed by atoms with Crippen LogP contribution in [0.4, 0.5) is 11.4 Å². The van der Waals surface area contributed by atoms with Gasteiger partial charge in [-0.2, -0.15) is 0 Å². The number of anilines is 2. The molecule has 1 aliphatic heterocycles. The summed E-state index contributed by atoms with van der Waals surface area (Å²) in [5.41, 5.74) is 2.70. The Balaban J connectivity index is 1.34. The molecule has 4 rings (SSSR count). The van der Waals surface area contributed by atoms with Crippen LogP contribution in [0, 0.1) is 5.92 Å². The molecule has 0 saturated heterocycles. The zero-order valence-corrected chi connectivity index (χ0v) is 19.4. The van der Waals surface area contributed by atoms with Gasteiger partial charge in [-0.25, -0.2) is 13.1 Å². The van der Waals surface area contributed by atoms with Crippen molar-refractivity contribution in [3.63, 3.8) is 0 Å². The van der Waals surface area contributed by atoms with Crippen LogP contribution in [-0.4, -0.2) is 38.6 Å². The Morgan fingerprint density at radius 2 is 1.76 bits per heavy atom. The van der Waals surface area contributed by atoms with E-state index in [0.717, 1.165) is 24.1 Å². The van der Waals surface area contributed by atoms with E-state index in [2.05, 4.69) is 10.0 Å². The minimum atomic E-state index is -3.80. The minimum absolute atomic E-state index is 0.00669. The first-order valence-electron chi connectivity index (χ1n) is 11.0. The van der Waals surface area contributed by atoms with Crippen LogP contribution in [0.15, 0.2) is 47.4 Å². The number of ketones is 1. The maximum Gasteiger partial charge on any atom is 0.240 e. The molecule has 8 nitrogen and oxygen atoms in total. The van der Waals surface area contributed by atoms with Crippen molar-refractivity contribution in [2.24, 2.45) is 5.92 Å². The fourth-order valence-corrected chi connectivity index (χ4v) is 5.11. The number of carbonyl (C=O) groups is 3. The van der Waals surface area contributed by atoms with Gasteiger partial charge in [0, 0.05) is 41.9 Å². The molecule has 0 radical (unpaired) electrons. The normalized spacial score (nSPS) is 17.5. The maximum absolute atomic E-state index is 12.7. The fraction of sp³-hybridized carbons (Fsp3) is 0.375. The van der Waals surface area contributed by atoms with E-state index in [1.54, 1.807) is 41.3 Å². The molecule has 0 unspecified atom stereocenters. The van der Waals surface area contributed by atoms with Gasteiger partial charge >= 0.3 is 0 Å². The van der Waals surface area contributed by atoms with Crippen LogP contribution < -0.4 is 14.9 Å². The second-order valence-electron chi connectivity index (χ2n) is 8.66. The molecular formula is C24H27N3O5S. The van der Waals surface area contributed by atoms with Crippen molar-refractivity contribution in [1.82, 2.24) is 4.72 Å². The van der Waals surface area contributed by atoms with Gasteiger partial charge in [-0.15, -0.1) is 0 Å². The summed E-state index contributed by atoms with van der Waals surface area (Å²) in [6.45, 7) is 3.38. The van der Waals surface area contributed by atoms with Crippen molar-refractivity contribution in [3.05, 3.63) is 53.6 Å². The van der Waals surface area contributed by atoms with Gasteiger partial charge in [0.1, 0.15) is 0 Å². The monoisotopic (exact) mass is 469 g/mol. The van der Waals surface area contributed by atoms with Crippen LogP contribution in [0.1, 0.15) is 49.0 Å². The van der Waals surface area contributed by atoms with Gasteiger partial charge in [0.05, 0.1) is 4.90 Å². The predicted octanol–water partition coefficient (Wildman–Crippen LogP) is 2.88. The zero-order chi connectivity index (χ0) is 23.8. The summed E-state index contributed by atoms with van der Waals surface area (Å²) in [5, 5.41) is 2.68. The van der Waals surface area contributed by atoms with Crippen LogP contribution in [0.3, 0.4) is 0 Å². The molecule has 0 spiro atoms. The number of sulfonamides is 1. The molecule has 2 aromatic carbocycles. The van der Waals surface area contributed by atoms with Crippen molar-refractivity contribution in [2.45, 2.75) is 50.5 Å². The molecule has 2 N–H and O–H groups in total. The Labute approximate surface area is 193 Å². The summed E-state index contributed by atoms with van der Waals surface area (Å²) in [6.07, 6.45) is 2.41. The lowest BCUT2D eigenvalue weighted by molar-refractivity contribution is -0.120. The molecular weight excluding hydrogens is 442 g/mol. The Morgan fingerprint density at radius 1 is 1.06 bits per heavy atom. The first-order chi connectivity index (χ1) is 15.7. The zero-order valence-electron chi connectivity index (χ0n) is 18.6. The van der Waals surface area contributed by atoms with Gasteiger partial charge in [-0.1, -0.05) is 0 Å². The van der Waals surface area contributed by atoms with Gasteiger partial charge in [0.2, 0.25) is 21.8 Å². The van der Waals surface area contributed by atoms with Crippen LogP contribution in [-0.2, 0) is 26.0 Å². The summed E-state index contributed by atoms with van der Waals surface area (Å²) >= 11 is 0. The Bertz CT molecular complexity index is 1200. The third-order valence-corrected chi connectivity index (χ3v) is 7.42. The lowest BCUT2D eigenvalue weighted by Crippen LogP contribution is -2.36. The van der Waals surface area contributed by atoms with E-state index >= 15 is 0 Å². The molecule has 1 heterocycles. The number of nitrogens with one attached hydrogen (secondary N) is 2. The van der Waals surface area contributed by atoms with Gasteiger partial charge in [-0.3, -0.25) is 14.4 Å². The van der Waals surface area contributed by atoms with E-state index in [9.17, 15) is 22.8 Å². The highest BCUT2D eigenvalue weighted by Gasteiger charge is 2.39. The molecule has 1 aliphatic carbocycles. The van der Waals surface area contributed by atoms with E-state index in [0.29, 0.717) is 17.7 Å². The standard InChI is InChI=1S/C24H27N3O5S/c1-15-13-19-14-21(9-10-22(19)27(15)24(30)18-3-4-18)33(31,32)25-12-11-23(29)26-20-7-5-17(6-8-20)16(2)28/h5-10,14-15,18,25H,3-4,11-13H2,1-2H3,(H,26,29)/t15-/m1/s1. The fourth-order valence-electron chi connectivity index (χ4n) is 4.03. The smallest absolute Gasteiger partial charge is 0.240 e. The Kier molecular flexibility index (Phi) is 6.36. The summed E-state index contributed by atoms with van der Waals surface area (Å²) in [7, 11) is -3.80. The second kappa shape index (κ2) is 9.07. The average molecular weight is 470 g/mol. The molecule has 2 amide bonds. The minimum Gasteiger partial charge on any atom is -0.326 e. The number of Topliss-reactive ketones (excluding diaryl/α,β-unsaturated/α-hetero) is 1. The van der Waals surface area contributed by atoms with Crippen LogP contribution in [0.2, 0.25) is 0 Å². The molecule has 1 saturated carbocycles. The number of benzene rings is 2. The molecule has 9 heteroatoms. The van der Waals surface area contributed by atoms with E-state index in [1.165, 1.54) is 13.0 Å². The highest BCUT2D eigenvalue weighted by atomic mass is 32.2. The molecule has 1 atom stereocenters. The number of carbonyl (C=O) groups excluding carboxylic acids is 3. The summed E-state index contributed by atoms with van der Waals surface area (Å²) in [4.78, 5) is 38.0.